The third-order valence-corrected chi connectivity index (χ3v) is 6.06. The Morgan fingerprint density at radius 2 is 1.73 bits per heavy atom. The Bertz CT molecular complexity index is 1440. The number of nitrogens with one attached hydrogen (secondary N) is 1. The van der Waals surface area contributed by atoms with Gasteiger partial charge in [-0.05, 0) is 72.4 Å². The van der Waals surface area contributed by atoms with Gasteiger partial charge in [0.15, 0.2) is 0 Å². The number of primary amides is 1. The number of amides is 2. The molecule has 0 atom stereocenters. The SMILES string of the molecule is Cc1cc(NC(=O)c2c3c(nc4ccccc24)/C(=C\c2ccccc2)CC3)ccc1C(N)=O. The summed E-state index contributed by atoms with van der Waals surface area (Å²) < 4.78 is 0. The predicted octanol–water partition coefficient (Wildman–Crippen LogP) is 5.38. The smallest absolute Gasteiger partial charge is 0.256 e. The number of hydrogen-bond donors (Lipinski definition) is 2. The zero-order valence-corrected chi connectivity index (χ0v) is 18.3. The Balaban J connectivity index is 1.59. The van der Waals surface area contributed by atoms with Crippen molar-refractivity contribution in [3.05, 3.63) is 106 Å². The van der Waals surface area contributed by atoms with Crippen molar-refractivity contribution in [1.29, 1.82) is 0 Å². The lowest BCUT2D eigenvalue weighted by Crippen LogP contribution is -2.17. The molecule has 5 rings (SSSR count). The molecule has 1 aliphatic rings. The van der Waals surface area contributed by atoms with Gasteiger partial charge in [0.25, 0.3) is 5.91 Å². The Morgan fingerprint density at radius 1 is 0.970 bits per heavy atom. The average Bonchev–Trinajstić information content (AvgIpc) is 3.19. The number of aromatic nitrogens is 1. The molecule has 5 nitrogen and oxygen atoms in total. The number of carbonyl (C=O) groups excluding carboxylic acids is 2. The van der Waals surface area contributed by atoms with Crippen molar-refractivity contribution in [2.24, 2.45) is 5.73 Å². The summed E-state index contributed by atoms with van der Waals surface area (Å²) in [5, 5.41) is 3.85. The van der Waals surface area contributed by atoms with Crippen LogP contribution in [0.5, 0.6) is 0 Å². The Morgan fingerprint density at radius 3 is 2.48 bits per heavy atom. The van der Waals surface area contributed by atoms with Crippen LogP contribution in [-0.2, 0) is 6.42 Å². The second-order valence-corrected chi connectivity index (χ2v) is 8.26. The second kappa shape index (κ2) is 8.36. The molecule has 4 aromatic rings. The maximum absolute atomic E-state index is 13.5. The average molecular weight is 434 g/mol. The lowest BCUT2D eigenvalue weighted by atomic mass is 9.99. The number of rotatable bonds is 4. The number of carbonyl (C=O) groups is 2. The highest BCUT2D eigenvalue weighted by Gasteiger charge is 2.27. The third kappa shape index (κ3) is 3.89. The molecule has 0 unspecified atom stereocenters. The number of hydrogen-bond acceptors (Lipinski definition) is 3. The number of aryl methyl sites for hydroxylation is 1. The fourth-order valence-corrected chi connectivity index (χ4v) is 4.50. The second-order valence-electron chi connectivity index (χ2n) is 8.26. The summed E-state index contributed by atoms with van der Waals surface area (Å²) in [5.74, 6) is -0.668. The number of para-hydroxylation sites is 1. The monoisotopic (exact) mass is 433 g/mol. The van der Waals surface area contributed by atoms with Gasteiger partial charge in [0.1, 0.15) is 0 Å². The quantitative estimate of drug-likeness (QED) is 0.453. The van der Waals surface area contributed by atoms with E-state index in [0.717, 1.165) is 51.7 Å². The van der Waals surface area contributed by atoms with Crippen molar-refractivity contribution in [3.8, 4) is 0 Å². The van der Waals surface area contributed by atoms with E-state index in [9.17, 15) is 9.59 Å². The van der Waals surface area contributed by atoms with E-state index < -0.39 is 5.91 Å². The maximum Gasteiger partial charge on any atom is 0.256 e. The van der Waals surface area contributed by atoms with Crippen molar-refractivity contribution in [2.75, 3.05) is 5.32 Å². The molecule has 5 heteroatoms. The fraction of sp³-hybridized carbons (Fsp3) is 0.107. The number of fused-ring (bicyclic) bond motifs is 2. The highest BCUT2D eigenvalue weighted by Crippen LogP contribution is 2.37. The largest absolute Gasteiger partial charge is 0.366 e. The first-order chi connectivity index (χ1) is 16.0. The molecule has 1 heterocycles. The predicted molar refractivity (Wildman–Crippen MR) is 132 cm³/mol. The normalized spacial score (nSPS) is 13.8. The molecule has 0 spiro atoms. The minimum atomic E-state index is -0.485. The molecule has 0 aliphatic heterocycles. The summed E-state index contributed by atoms with van der Waals surface area (Å²) >= 11 is 0. The molecular formula is C28H23N3O2. The van der Waals surface area contributed by atoms with Crippen LogP contribution >= 0.6 is 0 Å². The van der Waals surface area contributed by atoms with Crippen LogP contribution in [-0.4, -0.2) is 16.8 Å². The molecule has 2 amide bonds. The Hall–Kier alpha value is -4.25. The molecule has 3 N–H and O–H groups in total. The number of allylic oxidation sites excluding steroid dienone is 1. The van der Waals surface area contributed by atoms with Gasteiger partial charge in [-0.15, -0.1) is 0 Å². The molecule has 0 bridgehead atoms. The van der Waals surface area contributed by atoms with Crippen LogP contribution in [0.25, 0.3) is 22.6 Å². The van der Waals surface area contributed by atoms with Gasteiger partial charge in [0, 0.05) is 16.6 Å². The molecule has 0 saturated carbocycles. The van der Waals surface area contributed by atoms with Gasteiger partial charge < -0.3 is 11.1 Å². The number of nitrogens with zero attached hydrogens (tertiary/aromatic N) is 1. The third-order valence-electron chi connectivity index (χ3n) is 6.06. The van der Waals surface area contributed by atoms with Crippen LogP contribution < -0.4 is 11.1 Å². The first-order valence-electron chi connectivity index (χ1n) is 10.9. The molecule has 0 saturated heterocycles. The van der Waals surface area contributed by atoms with E-state index in [1.165, 1.54) is 0 Å². The van der Waals surface area contributed by atoms with E-state index >= 15 is 0 Å². The number of benzene rings is 3. The van der Waals surface area contributed by atoms with Crippen molar-refractivity contribution in [1.82, 2.24) is 4.98 Å². The van der Waals surface area contributed by atoms with E-state index in [-0.39, 0.29) is 5.91 Å². The van der Waals surface area contributed by atoms with Gasteiger partial charge in [0.05, 0.1) is 16.8 Å². The number of pyridine rings is 1. The van der Waals surface area contributed by atoms with E-state index in [1.54, 1.807) is 25.1 Å². The van der Waals surface area contributed by atoms with Crippen molar-refractivity contribution >= 4 is 40.1 Å². The van der Waals surface area contributed by atoms with Gasteiger partial charge in [-0.2, -0.15) is 0 Å². The Kier molecular flexibility index (Phi) is 5.23. The zero-order chi connectivity index (χ0) is 22.9. The summed E-state index contributed by atoms with van der Waals surface area (Å²) in [7, 11) is 0. The number of anilines is 1. The van der Waals surface area contributed by atoms with Crippen molar-refractivity contribution in [2.45, 2.75) is 19.8 Å². The highest BCUT2D eigenvalue weighted by atomic mass is 16.2. The van der Waals surface area contributed by atoms with Gasteiger partial charge >= 0.3 is 0 Å². The summed E-state index contributed by atoms with van der Waals surface area (Å²) in [5.41, 5.74) is 12.8. The van der Waals surface area contributed by atoms with Crippen LogP contribution in [0.3, 0.4) is 0 Å². The molecule has 1 aliphatic carbocycles. The van der Waals surface area contributed by atoms with Crippen LogP contribution in [0.15, 0.2) is 72.8 Å². The van der Waals surface area contributed by atoms with Crippen LogP contribution in [0, 0.1) is 6.92 Å². The van der Waals surface area contributed by atoms with Crippen LogP contribution in [0.4, 0.5) is 5.69 Å². The molecular weight excluding hydrogens is 410 g/mol. The molecule has 33 heavy (non-hydrogen) atoms. The first-order valence-corrected chi connectivity index (χ1v) is 10.9. The molecule has 3 aromatic carbocycles. The van der Waals surface area contributed by atoms with E-state index in [2.05, 4.69) is 23.5 Å². The Labute approximate surface area is 192 Å². The summed E-state index contributed by atoms with van der Waals surface area (Å²) in [6.45, 7) is 1.80. The van der Waals surface area contributed by atoms with Gasteiger partial charge in [-0.3, -0.25) is 9.59 Å². The standard InChI is InChI=1S/C28H23N3O2/c1-17-15-20(12-14-21(17)27(29)32)30-28(33)25-22-9-5-6-10-24(22)31-26-19(11-13-23(25)26)16-18-7-3-2-4-8-18/h2-10,12,14-16H,11,13H2,1H3,(H2,29,32)(H,30,33)/b19-16-. The van der Waals surface area contributed by atoms with Crippen molar-refractivity contribution in [3.63, 3.8) is 0 Å². The topological polar surface area (TPSA) is 85.1 Å². The summed E-state index contributed by atoms with van der Waals surface area (Å²) in [6.07, 6.45) is 3.75. The van der Waals surface area contributed by atoms with E-state index in [1.807, 2.05) is 42.5 Å². The first kappa shape index (κ1) is 20.6. The minimum absolute atomic E-state index is 0.183. The van der Waals surface area contributed by atoms with Gasteiger partial charge in [0.2, 0.25) is 5.91 Å². The molecule has 0 radical (unpaired) electrons. The molecule has 0 fully saturated rings. The minimum Gasteiger partial charge on any atom is -0.366 e. The lowest BCUT2D eigenvalue weighted by molar-refractivity contribution is 0.0997. The van der Waals surface area contributed by atoms with Gasteiger partial charge in [-0.1, -0.05) is 48.5 Å². The van der Waals surface area contributed by atoms with Crippen molar-refractivity contribution < 1.29 is 9.59 Å². The summed E-state index contributed by atoms with van der Waals surface area (Å²) in [6, 6.07) is 23.0. The summed E-state index contributed by atoms with van der Waals surface area (Å²) in [4.78, 5) is 30.0. The molecule has 162 valence electrons. The highest BCUT2D eigenvalue weighted by molar-refractivity contribution is 6.15. The fourth-order valence-electron chi connectivity index (χ4n) is 4.50. The maximum atomic E-state index is 13.5. The van der Waals surface area contributed by atoms with Crippen LogP contribution in [0.1, 0.15) is 49.5 Å². The zero-order valence-electron chi connectivity index (χ0n) is 18.3. The van der Waals surface area contributed by atoms with Gasteiger partial charge in [-0.25, -0.2) is 4.98 Å². The molecule has 1 aromatic heterocycles. The van der Waals surface area contributed by atoms with Crippen LogP contribution in [0.2, 0.25) is 0 Å². The number of nitrogens with two attached hydrogens (primary N) is 1. The van der Waals surface area contributed by atoms with E-state index in [0.29, 0.717) is 16.8 Å². The van der Waals surface area contributed by atoms with E-state index in [4.69, 9.17) is 10.7 Å². The lowest BCUT2D eigenvalue weighted by Gasteiger charge is -2.14.